The highest BCUT2D eigenvalue weighted by Gasteiger charge is 2.17. The average Bonchev–Trinajstić information content (AvgIpc) is 2.93. The molecule has 3 rings (SSSR count). The minimum absolute atomic E-state index is 0.0790. The van der Waals surface area contributed by atoms with Crippen LogP contribution in [0.4, 0.5) is 5.95 Å². The molecule has 1 aromatic heterocycles. The lowest BCUT2D eigenvalue weighted by Crippen LogP contribution is -2.13. The van der Waals surface area contributed by atoms with Crippen LogP contribution in [0.25, 0.3) is 11.1 Å². The van der Waals surface area contributed by atoms with Gasteiger partial charge in [0.1, 0.15) is 0 Å². The van der Waals surface area contributed by atoms with E-state index in [-0.39, 0.29) is 16.7 Å². The minimum atomic E-state index is -3.73. The van der Waals surface area contributed by atoms with E-state index in [0.29, 0.717) is 0 Å². The summed E-state index contributed by atoms with van der Waals surface area (Å²) in [5.74, 6) is 0.210. The van der Waals surface area contributed by atoms with Crippen molar-refractivity contribution in [3.8, 4) is 11.1 Å². The Balaban J connectivity index is 1.86. The molecule has 2 aromatic carbocycles. The largest absolute Gasteiger partial charge is 0.338 e. The van der Waals surface area contributed by atoms with Crippen LogP contribution in [0.5, 0.6) is 0 Å². The summed E-state index contributed by atoms with van der Waals surface area (Å²) in [5, 5.41) is 3.52. The van der Waals surface area contributed by atoms with E-state index in [1.54, 1.807) is 19.1 Å². The molecule has 0 aliphatic carbocycles. The van der Waals surface area contributed by atoms with Crippen molar-refractivity contribution < 1.29 is 12.9 Å². The maximum absolute atomic E-state index is 12.2. The molecule has 0 radical (unpaired) electrons. The van der Waals surface area contributed by atoms with Gasteiger partial charge in [-0.15, -0.1) is 0 Å². The Morgan fingerprint density at radius 1 is 0.955 bits per heavy atom. The fraction of sp³-hybridized carbons (Fsp3) is 0.0667. The van der Waals surface area contributed by atoms with Crippen molar-refractivity contribution in [2.24, 2.45) is 0 Å². The van der Waals surface area contributed by atoms with Crippen LogP contribution >= 0.6 is 0 Å². The smallest absolute Gasteiger partial charge is 0.277 e. The number of aromatic nitrogens is 2. The fourth-order valence-corrected chi connectivity index (χ4v) is 2.91. The third kappa shape index (κ3) is 2.99. The summed E-state index contributed by atoms with van der Waals surface area (Å²) in [6.07, 6.45) is 0. The van der Waals surface area contributed by atoms with Crippen LogP contribution in [-0.4, -0.2) is 18.6 Å². The van der Waals surface area contributed by atoms with Crippen LogP contribution in [0.2, 0.25) is 0 Å². The lowest BCUT2D eigenvalue weighted by atomic mass is 10.1. The number of hydrogen-bond donors (Lipinski definition) is 1. The number of nitrogens with one attached hydrogen (secondary N) is 1. The van der Waals surface area contributed by atoms with E-state index in [2.05, 4.69) is 14.9 Å². The van der Waals surface area contributed by atoms with Gasteiger partial charge in [-0.05, 0) is 28.4 Å². The summed E-state index contributed by atoms with van der Waals surface area (Å²) in [7, 11) is -3.73. The average molecular weight is 315 g/mol. The molecular weight excluding hydrogens is 302 g/mol. The predicted octanol–water partition coefficient (Wildman–Crippen LogP) is 2.85. The molecule has 3 aromatic rings. The van der Waals surface area contributed by atoms with Gasteiger partial charge in [-0.3, -0.25) is 0 Å². The van der Waals surface area contributed by atoms with Crippen molar-refractivity contribution in [2.45, 2.75) is 11.8 Å². The Hall–Kier alpha value is -2.67. The van der Waals surface area contributed by atoms with Crippen molar-refractivity contribution in [3.05, 3.63) is 60.5 Å². The number of rotatable bonds is 4. The number of aryl methyl sites for hydroxylation is 1. The van der Waals surface area contributed by atoms with Crippen molar-refractivity contribution in [2.75, 3.05) is 4.72 Å². The molecule has 0 saturated heterocycles. The minimum Gasteiger partial charge on any atom is -0.338 e. The zero-order valence-electron chi connectivity index (χ0n) is 11.7. The molecule has 0 spiro atoms. The molecule has 0 aliphatic rings. The quantitative estimate of drug-likeness (QED) is 0.800. The van der Waals surface area contributed by atoms with Crippen LogP contribution in [0.3, 0.4) is 0 Å². The van der Waals surface area contributed by atoms with Crippen molar-refractivity contribution in [1.29, 1.82) is 0 Å². The first-order valence-electron chi connectivity index (χ1n) is 6.53. The second-order valence-corrected chi connectivity index (χ2v) is 6.32. The van der Waals surface area contributed by atoms with Crippen LogP contribution in [0.1, 0.15) is 5.89 Å². The molecular formula is C15H13N3O3S. The van der Waals surface area contributed by atoms with E-state index in [0.717, 1.165) is 11.1 Å². The Morgan fingerprint density at radius 3 is 2.18 bits per heavy atom. The standard InChI is InChI=1S/C15H13N3O3S/c1-11-16-15(17-21-11)18-22(19,20)14-9-7-13(8-10-14)12-5-3-2-4-6-12/h2-10H,1H3,(H,17,18). The van der Waals surface area contributed by atoms with Gasteiger partial charge in [0.2, 0.25) is 5.89 Å². The molecule has 6 nitrogen and oxygen atoms in total. The molecule has 1 N–H and O–H groups in total. The van der Waals surface area contributed by atoms with Gasteiger partial charge in [0, 0.05) is 6.92 Å². The number of sulfonamides is 1. The summed E-state index contributed by atoms with van der Waals surface area (Å²) in [6, 6.07) is 16.3. The third-order valence-corrected chi connectivity index (χ3v) is 4.37. The number of anilines is 1. The molecule has 0 bridgehead atoms. The van der Waals surface area contributed by atoms with E-state index < -0.39 is 10.0 Å². The van der Waals surface area contributed by atoms with Crippen molar-refractivity contribution in [1.82, 2.24) is 10.1 Å². The van der Waals surface area contributed by atoms with Gasteiger partial charge in [0.25, 0.3) is 16.0 Å². The van der Waals surface area contributed by atoms with Gasteiger partial charge in [0.15, 0.2) is 0 Å². The molecule has 0 atom stereocenters. The summed E-state index contributed by atoms with van der Waals surface area (Å²) in [5.41, 5.74) is 1.96. The van der Waals surface area contributed by atoms with Gasteiger partial charge in [-0.1, -0.05) is 42.5 Å². The van der Waals surface area contributed by atoms with Gasteiger partial charge >= 0.3 is 0 Å². The molecule has 0 aliphatic heterocycles. The van der Waals surface area contributed by atoms with Crippen molar-refractivity contribution in [3.63, 3.8) is 0 Å². The van der Waals surface area contributed by atoms with Gasteiger partial charge in [-0.25, -0.2) is 13.1 Å². The molecule has 0 saturated carbocycles. The van der Waals surface area contributed by atoms with Crippen LogP contribution in [0, 0.1) is 6.92 Å². The topological polar surface area (TPSA) is 85.1 Å². The molecule has 0 amide bonds. The second-order valence-electron chi connectivity index (χ2n) is 4.63. The second kappa shape index (κ2) is 5.61. The zero-order valence-corrected chi connectivity index (χ0v) is 12.5. The Labute approximate surface area is 127 Å². The predicted molar refractivity (Wildman–Crippen MR) is 81.7 cm³/mol. The number of benzene rings is 2. The third-order valence-electron chi connectivity index (χ3n) is 3.02. The molecule has 1 heterocycles. The summed E-state index contributed by atoms with van der Waals surface area (Å²) in [4.78, 5) is 3.95. The SMILES string of the molecule is Cc1nc(NS(=O)(=O)c2ccc(-c3ccccc3)cc2)no1. The molecule has 0 fully saturated rings. The van der Waals surface area contributed by atoms with E-state index in [4.69, 9.17) is 4.52 Å². The lowest BCUT2D eigenvalue weighted by molar-refractivity contribution is 0.395. The normalized spacial score (nSPS) is 11.3. The van der Waals surface area contributed by atoms with Gasteiger partial charge in [0.05, 0.1) is 4.90 Å². The maximum Gasteiger partial charge on any atom is 0.277 e. The molecule has 22 heavy (non-hydrogen) atoms. The highest BCUT2D eigenvalue weighted by Crippen LogP contribution is 2.21. The maximum atomic E-state index is 12.2. The van der Waals surface area contributed by atoms with Crippen LogP contribution in [-0.2, 0) is 10.0 Å². The summed E-state index contributed by atoms with van der Waals surface area (Å²) in [6.45, 7) is 1.58. The first-order chi connectivity index (χ1) is 10.5. The van der Waals surface area contributed by atoms with Crippen LogP contribution < -0.4 is 4.72 Å². The first-order valence-corrected chi connectivity index (χ1v) is 8.01. The Bertz CT molecular complexity index is 872. The van der Waals surface area contributed by atoms with E-state index >= 15 is 0 Å². The highest BCUT2D eigenvalue weighted by atomic mass is 32.2. The van der Waals surface area contributed by atoms with E-state index in [1.165, 1.54) is 12.1 Å². The highest BCUT2D eigenvalue weighted by molar-refractivity contribution is 7.92. The molecule has 112 valence electrons. The first kappa shape index (κ1) is 14.3. The fourth-order valence-electron chi connectivity index (χ4n) is 1.98. The van der Waals surface area contributed by atoms with E-state index in [1.807, 2.05) is 30.3 Å². The number of nitrogens with zero attached hydrogens (tertiary/aromatic N) is 2. The Morgan fingerprint density at radius 2 is 1.59 bits per heavy atom. The molecule has 7 heteroatoms. The van der Waals surface area contributed by atoms with E-state index in [9.17, 15) is 8.42 Å². The van der Waals surface area contributed by atoms with Gasteiger partial charge < -0.3 is 4.52 Å². The lowest BCUT2D eigenvalue weighted by Gasteiger charge is -2.06. The van der Waals surface area contributed by atoms with Crippen molar-refractivity contribution >= 4 is 16.0 Å². The zero-order chi connectivity index (χ0) is 15.6. The Kier molecular flexibility index (Phi) is 3.64. The van der Waals surface area contributed by atoms with Crippen LogP contribution in [0.15, 0.2) is 64.0 Å². The number of hydrogen-bond acceptors (Lipinski definition) is 5. The monoisotopic (exact) mass is 315 g/mol. The van der Waals surface area contributed by atoms with Gasteiger partial charge in [-0.2, -0.15) is 4.98 Å². The molecule has 0 unspecified atom stereocenters. The summed E-state index contributed by atoms with van der Waals surface area (Å²) < 4.78 is 31.5. The summed E-state index contributed by atoms with van der Waals surface area (Å²) >= 11 is 0.